The van der Waals surface area contributed by atoms with Gasteiger partial charge in [0.05, 0.1) is 4.92 Å². The molecule has 0 unspecified atom stereocenters. The minimum absolute atomic E-state index is 0.131. The summed E-state index contributed by atoms with van der Waals surface area (Å²) in [6.45, 7) is 1.09. The molecular formula is C24H29N7O2S. The predicted molar refractivity (Wildman–Crippen MR) is 136 cm³/mol. The van der Waals surface area contributed by atoms with E-state index >= 15 is 0 Å². The smallest absolute Gasteiger partial charge is 0.329 e. The van der Waals surface area contributed by atoms with Gasteiger partial charge in [0, 0.05) is 34.6 Å². The molecule has 4 rings (SSSR count). The number of aromatic nitrogens is 2. The summed E-state index contributed by atoms with van der Waals surface area (Å²) in [5.74, 6) is 0.995. The van der Waals surface area contributed by atoms with E-state index in [-0.39, 0.29) is 17.5 Å². The molecule has 0 radical (unpaired) electrons. The largest absolute Gasteiger partial charge is 0.398 e. The molecule has 0 aliphatic heterocycles. The summed E-state index contributed by atoms with van der Waals surface area (Å²) >= 11 is 1.59. The van der Waals surface area contributed by atoms with Crippen LogP contribution in [0.15, 0.2) is 64.5 Å². The highest BCUT2D eigenvalue weighted by Gasteiger charge is 2.22. The topological polar surface area (TPSA) is 145 Å². The van der Waals surface area contributed by atoms with Crippen LogP contribution in [0.5, 0.6) is 0 Å². The third-order valence-electron chi connectivity index (χ3n) is 5.96. The molecule has 1 aliphatic rings. The zero-order valence-corrected chi connectivity index (χ0v) is 19.6. The molecule has 6 N–H and O–H groups in total. The number of nitro groups is 1. The normalized spacial score (nSPS) is 17.8. The van der Waals surface area contributed by atoms with Gasteiger partial charge in [0.25, 0.3) is 0 Å². The molecule has 0 atom stereocenters. The maximum absolute atomic E-state index is 11.5. The quantitative estimate of drug-likeness (QED) is 0.195. The first-order valence-corrected chi connectivity index (χ1v) is 12.2. The third kappa shape index (κ3) is 6.15. The number of anilines is 3. The van der Waals surface area contributed by atoms with Crippen LogP contribution in [0.1, 0.15) is 31.2 Å². The van der Waals surface area contributed by atoms with Crippen LogP contribution in [-0.4, -0.2) is 27.5 Å². The maximum atomic E-state index is 11.5. The first-order chi connectivity index (χ1) is 16.5. The molecule has 10 heteroatoms. The Kier molecular flexibility index (Phi) is 7.81. The molecule has 3 aromatic rings. The molecule has 0 amide bonds. The maximum Gasteiger partial charge on any atom is 0.329 e. The number of rotatable bonds is 9. The van der Waals surface area contributed by atoms with Gasteiger partial charge in [-0.1, -0.05) is 42.1 Å². The van der Waals surface area contributed by atoms with Crippen LogP contribution < -0.4 is 22.1 Å². The fraction of sp³-hybridized carbons (Fsp3) is 0.333. The number of hydrogen-bond donors (Lipinski definition) is 4. The van der Waals surface area contributed by atoms with E-state index in [9.17, 15) is 10.1 Å². The second-order valence-electron chi connectivity index (χ2n) is 8.45. The number of nitrogens with two attached hydrogens (primary N) is 2. The Bertz CT molecular complexity index is 1140. The van der Waals surface area contributed by atoms with Crippen molar-refractivity contribution in [2.75, 3.05) is 22.9 Å². The van der Waals surface area contributed by atoms with Crippen molar-refractivity contribution in [1.29, 1.82) is 0 Å². The molecular weight excluding hydrogens is 450 g/mol. The Hall–Kier alpha value is -3.37. The molecule has 2 aromatic carbocycles. The van der Waals surface area contributed by atoms with E-state index in [4.69, 9.17) is 11.5 Å². The molecule has 178 valence electrons. The fourth-order valence-corrected chi connectivity index (χ4v) is 4.96. The lowest BCUT2D eigenvalue weighted by Gasteiger charge is -2.26. The predicted octanol–water partition coefficient (Wildman–Crippen LogP) is 4.66. The van der Waals surface area contributed by atoms with Crippen molar-refractivity contribution < 1.29 is 4.92 Å². The van der Waals surface area contributed by atoms with Gasteiger partial charge in [-0.05, 0) is 55.4 Å². The van der Waals surface area contributed by atoms with Crippen LogP contribution in [0.4, 0.5) is 23.1 Å². The second-order valence-corrected chi connectivity index (χ2v) is 9.53. The zero-order chi connectivity index (χ0) is 23.9. The average molecular weight is 480 g/mol. The van der Waals surface area contributed by atoms with E-state index in [1.807, 2.05) is 48.5 Å². The first-order valence-electron chi connectivity index (χ1n) is 11.3. The van der Waals surface area contributed by atoms with E-state index in [0.717, 1.165) is 46.7 Å². The van der Waals surface area contributed by atoms with Crippen molar-refractivity contribution in [2.45, 2.75) is 48.1 Å². The van der Waals surface area contributed by atoms with Crippen molar-refractivity contribution >= 4 is 34.9 Å². The van der Waals surface area contributed by atoms with Crippen molar-refractivity contribution in [3.8, 4) is 0 Å². The lowest BCUT2D eigenvalue weighted by molar-refractivity contribution is -0.384. The van der Waals surface area contributed by atoms with Gasteiger partial charge in [-0.2, -0.15) is 4.98 Å². The molecule has 1 heterocycles. The van der Waals surface area contributed by atoms with Gasteiger partial charge in [-0.25, -0.2) is 4.98 Å². The van der Waals surface area contributed by atoms with Crippen molar-refractivity contribution in [3.63, 3.8) is 0 Å². The van der Waals surface area contributed by atoms with Crippen LogP contribution in [0.2, 0.25) is 0 Å². The summed E-state index contributed by atoms with van der Waals surface area (Å²) in [6.07, 6.45) is 5.24. The third-order valence-corrected chi connectivity index (χ3v) is 7.17. The van der Waals surface area contributed by atoms with Crippen LogP contribution in [0, 0.1) is 16.0 Å². The van der Waals surface area contributed by atoms with Crippen molar-refractivity contribution in [1.82, 2.24) is 9.97 Å². The summed E-state index contributed by atoms with van der Waals surface area (Å²) in [4.78, 5) is 21.6. The van der Waals surface area contributed by atoms with Gasteiger partial charge in [-0.3, -0.25) is 10.1 Å². The van der Waals surface area contributed by atoms with E-state index in [0.29, 0.717) is 25.0 Å². The summed E-state index contributed by atoms with van der Waals surface area (Å²) in [5, 5.41) is 17.9. The summed E-state index contributed by atoms with van der Waals surface area (Å²) in [5.41, 5.74) is 13.7. The summed E-state index contributed by atoms with van der Waals surface area (Å²) in [7, 11) is 0. The van der Waals surface area contributed by atoms with Gasteiger partial charge in [0.1, 0.15) is 6.20 Å². The van der Waals surface area contributed by atoms with Crippen LogP contribution >= 0.6 is 11.8 Å². The molecule has 1 fully saturated rings. The van der Waals surface area contributed by atoms with Gasteiger partial charge in [-0.15, -0.1) is 0 Å². The highest BCUT2D eigenvalue weighted by atomic mass is 32.2. The minimum Gasteiger partial charge on any atom is -0.398 e. The molecule has 0 saturated heterocycles. The van der Waals surface area contributed by atoms with Crippen molar-refractivity contribution in [3.05, 3.63) is 70.4 Å². The fourth-order valence-electron chi connectivity index (χ4n) is 3.97. The monoisotopic (exact) mass is 479 g/mol. The molecule has 1 aromatic heterocycles. The van der Waals surface area contributed by atoms with E-state index in [1.165, 1.54) is 6.20 Å². The van der Waals surface area contributed by atoms with Gasteiger partial charge in [0.2, 0.25) is 11.8 Å². The molecule has 1 aliphatic carbocycles. The average Bonchev–Trinajstić information content (AvgIpc) is 2.84. The molecule has 0 spiro atoms. The van der Waals surface area contributed by atoms with E-state index in [1.54, 1.807) is 11.8 Å². The summed E-state index contributed by atoms with van der Waals surface area (Å²) < 4.78 is 0. The van der Waals surface area contributed by atoms with E-state index in [2.05, 4.69) is 20.6 Å². The van der Waals surface area contributed by atoms with Crippen LogP contribution in [0.25, 0.3) is 0 Å². The standard InChI is InChI=1S/C24H29N7O2S/c25-18-11-9-16(10-12-18)13-27-23-20(31(32)33)15-29-24(30-23)28-14-17-5-1-3-7-21(17)34-22-8-4-2-6-19(22)26/h1-8,15-16,18H,9-14,25-26H2,(H2,27,28,29,30). The number of para-hydroxylation sites is 1. The number of benzene rings is 2. The Morgan fingerprint density at radius 2 is 1.74 bits per heavy atom. The van der Waals surface area contributed by atoms with E-state index < -0.39 is 4.92 Å². The Balaban J connectivity index is 1.44. The zero-order valence-electron chi connectivity index (χ0n) is 18.8. The number of nitrogens with zero attached hydrogens (tertiary/aromatic N) is 3. The highest BCUT2D eigenvalue weighted by Crippen LogP contribution is 2.34. The SMILES string of the molecule is Nc1ccccc1Sc1ccccc1CNc1ncc([N+](=O)[O-])c(NCC2CCC(N)CC2)n1. The van der Waals surface area contributed by atoms with Crippen LogP contribution in [0.3, 0.4) is 0 Å². The lowest BCUT2D eigenvalue weighted by Crippen LogP contribution is -2.29. The molecule has 9 nitrogen and oxygen atoms in total. The summed E-state index contributed by atoms with van der Waals surface area (Å²) in [6, 6.07) is 16.0. The number of nitrogens with one attached hydrogen (secondary N) is 2. The highest BCUT2D eigenvalue weighted by molar-refractivity contribution is 7.99. The Labute approximate surface area is 202 Å². The van der Waals surface area contributed by atoms with Gasteiger partial charge in [0.15, 0.2) is 0 Å². The Morgan fingerprint density at radius 3 is 2.47 bits per heavy atom. The first kappa shape index (κ1) is 23.8. The van der Waals surface area contributed by atoms with Gasteiger partial charge < -0.3 is 22.1 Å². The van der Waals surface area contributed by atoms with Crippen LogP contribution in [-0.2, 0) is 6.54 Å². The number of nitrogen functional groups attached to an aromatic ring is 1. The lowest BCUT2D eigenvalue weighted by atomic mass is 9.86. The second kappa shape index (κ2) is 11.2. The number of hydrogen-bond acceptors (Lipinski definition) is 9. The van der Waals surface area contributed by atoms with Crippen molar-refractivity contribution in [2.24, 2.45) is 11.7 Å². The molecule has 34 heavy (non-hydrogen) atoms. The Morgan fingerprint density at radius 1 is 1.03 bits per heavy atom. The molecule has 1 saturated carbocycles. The van der Waals surface area contributed by atoms with Gasteiger partial charge >= 0.3 is 5.69 Å². The minimum atomic E-state index is -0.459. The molecule has 0 bridgehead atoms.